The van der Waals surface area contributed by atoms with Crippen LogP contribution in [0.4, 0.5) is 0 Å². The summed E-state index contributed by atoms with van der Waals surface area (Å²) in [4.78, 5) is 0. The van der Waals surface area contributed by atoms with Gasteiger partial charge in [0.1, 0.15) is 0 Å². The first-order valence-electron chi connectivity index (χ1n) is 9.10. The second-order valence-electron chi connectivity index (χ2n) is 6.89. The summed E-state index contributed by atoms with van der Waals surface area (Å²) >= 11 is 6.74. The van der Waals surface area contributed by atoms with Crippen molar-refractivity contribution in [3.63, 3.8) is 0 Å². The summed E-state index contributed by atoms with van der Waals surface area (Å²) in [5, 5.41) is 0.348. The Labute approximate surface area is 134 Å². The summed E-state index contributed by atoms with van der Waals surface area (Å²) in [5.74, 6) is 0. The second-order valence-corrected chi connectivity index (χ2v) is 14.5. The van der Waals surface area contributed by atoms with Gasteiger partial charge in [-0.2, -0.15) is 0 Å². The molecule has 0 aliphatic rings. The standard InChI is InChI=1S/C18H40ClP/c1-7-12-15-20(10-4,11-5,16-13-8-2)18(14-9-3)17(6)19/h17-18H,7-16H2,1-6H3. The molecule has 20 heavy (non-hydrogen) atoms. The number of rotatable bonds is 12. The van der Waals surface area contributed by atoms with Gasteiger partial charge >= 0.3 is 134 Å². The molecule has 0 rings (SSSR count). The molecule has 2 unspecified atom stereocenters. The van der Waals surface area contributed by atoms with E-state index in [-0.39, 0.29) is 0 Å². The van der Waals surface area contributed by atoms with Gasteiger partial charge in [-0.1, -0.05) is 0 Å². The van der Waals surface area contributed by atoms with Crippen LogP contribution in [0.2, 0.25) is 0 Å². The van der Waals surface area contributed by atoms with Gasteiger partial charge in [-0.25, -0.2) is 0 Å². The van der Waals surface area contributed by atoms with Crippen molar-refractivity contribution >= 4 is 18.2 Å². The van der Waals surface area contributed by atoms with E-state index in [1.165, 1.54) is 63.2 Å². The van der Waals surface area contributed by atoms with Crippen molar-refractivity contribution in [3.05, 3.63) is 0 Å². The molecule has 0 amide bonds. The number of halogens is 1. The normalized spacial score (nSPS) is 17.4. The first-order chi connectivity index (χ1) is 9.45. The van der Waals surface area contributed by atoms with E-state index in [4.69, 9.17) is 11.6 Å². The van der Waals surface area contributed by atoms with Crippen molar-refractivity contribution < 1.29 is 0 Å². The molecule has 0 heterocycles. The Balaban J connectivity index is 5.64. The van der Waals surface area contributed by atoms with Gasteiger partial charge < -0.3 is 0 Å². The van der Waals surface area contributed by atoms with Crippen LogP contribution in [0.15, 0.2) is 0 Å². The third-order valence-corrected chi connectivity index (χ3v) is 15.5. The molecule has 0 aromatic rings. The van der Waals surface area contributed by atoms with E-state index in [1.807, 2.05) is 0 Å². The molecule has 124 valence electrons. The number of unbranched alkanes of at least 4 members (excludes halogenated alkanes) is 2. The number of alkyl halides is 1. The Bertz CT molecular complexity index is 234. The molecule has 0 saturated carbocycles. The van der Waals surface area contributed by atoms with Gasteiger partial charge in [0.15, 0.2) is 0 Å². The molecule has 2 heteroatoms. The Morgan fingerprint density at radius 3 is 1.50 bits per heavy atom. The molecular formula is C18H40ClP. The minimum absolute atomic E-state index is 0.348. The van der Waals surface area contributed by atoms with E-state index >= 15 is 0 Å². The quantitative estimate of drug-likeness (QED) is 0.268. The van der Waals surface area contributed by atoms with E-state index in [0.717, 1.165) is 5.66 Å². The van der Waals surface area contributed by atoms with Crippen molar-refractivity contribution in [1.82, 2.24) is 0 Å². The van der Waals surface area contributed by atoms with E-state index < -0.39 is 6.60 Å². The van der Waals surface area contributed by atoms with Crippen molar-refractivity contribution in [2.24, 2.45) is 0 Å². The summed E-state index contributed by atoms with van der Waals surface area (Å²) in [6.45, 7) is 12.6. The van der Waals surface area contributed by atoms with Gasteiger partial charge in [-0.05, 0) is 0 Å². The van der Waals surface area contributed by atoms with Crippen LogP contribution in [-0.4, -0.2) is 35.7 Å². The fourth-order valence-corrected chi connectivity index (χ4v) is 13.5. The van der Waals surface area contributed by atoms with Gasteiger partial charge in [-0.15, -0.1) is 0 Å². The minimum atomic E-state index is -1.67. The molecule has 2 atom stereocenters. The molecule has 0 fully saturated rings. The van der Waals surface area contributed by atoms with Crippen molar-refractivity contribution in [2.75, 3.05) is 24.6 Å². The van der Waals surface area contributed by atoms with E-state index in [1.54, 1.807) is 0 Å². The average Bonchev–Trinajstić information content (AvgIpc) is 2.47. The van der Waals surface area contributed by atoms with Gasteiger partial charge in [0.25, 0.3) is 0 Å². The Morgan fingerprint density at radius 1 is 0.800 bits per heavy atom. The summed E-state index contributed by atoms with van der Waals surface area (Å²) in [6.07, 6.45) is 14.0. The van der Waals surface area contributed by atoms with Crippen molar-refractivity contribution in [2.45, 2.75) is 91.1 Å². The van der Waals surface area contributed by atoms with Crippen LogP contribution in [0.1, 0.15) is 80.1 Å². The molecule has 0 nitrogen and oxygen atoms in total. The van der Waals surface area contributed by atoms with Gasteiger partial charge in [0.2, 0.25) is 0 Å². The zero-order chi connectivity index (χ0) is 15.7. The fraction of sp³-hybridized carbons (Fsp3) is 1.00. The van der Waals surface area contributed by atoms with E-state index in [0.29, 0.717) is 5.38 Å². The summed E-state index contributed by atoms with van der Waals surface area (Å²) in [6, 6.07) is 0. The van der Waals surface area contributed by atoms with Gasteiger partial charge in [-0.3, -0.25) is 0 Å². The SMILES string of the molecule is CCCCP(CC)(CC)(CCCC)C(CCC)C(C)Cl. The Kier molecular flexibility index (Phi) is 10.0. The summed E-state index contributed by atoms with van der Waals surface area (Å²) in [5.41, 5.74) is 0.792. The molecule has 0 aromatic carbocycles. The predicted octanol–water partition coefficient (Wildman–Crippen LogP) is 6.98. The van der Waals surface area contributed by atoms with E-state index in [9.17, 15) is 0 Å². The second kappa shape index (κ2) is 9.68. The fourth-order valence-electron chi connectivity index (χ4n) is 4.41. The summed E-state index contributed by atoms with van der Waals surface area (Å²) in [7, 11) is 0. The van der Waals surface area contributed by atoms with Crippen LogP contribution in [0.25, 0.3) is 0 Å². The number of hydrogen-bond acceptors (Lipinski definition) is 0. The molecule has 0 radical (unpaired) electrons. The third-order valence-electron chi connectivity index (χ3n) is 5.99. The molecular weight excluding hydrogens is 283 g/mol. The van der Waals surface area contributed by atoms with E-state index in [2.05, 4.69) is 41.5 Å². The monoisotopic (exact) mass is 322 g/mol. The topological polar surface area (TPSA) is 0 Å². The van der Waals surface area contributed by atoms with Gasteiger partial charge in [0, 0.05) is 0 Å². The molecule has 0 aliphatic carbocycles. The Morgan fingerprint density at radius 2 is 1.25 bits per heavy atom. The van der Waals surface area contributed by atoms with Crippen LogP contribution < -0.4 is 0 Å². The maximum atomic E-state index is 6.74. The molecule has 0 saturated heterocycles. The molecule has 0 aliphatic heterocycles. The van der Waals surface area contributed by atoms with Crippen molar-refractivity contribution in [1.29, 1.82) is 0 Å². The molecule has 0 N–H and O–H groups in total. The zero-order valence-electron chi connectivity index (χ0n) is 15.1. The van der Waals surface area contributed by atoms with Crippen LogP contribution in [-0.2, 0) is 0 Å². The molecule has 0 spiro atoms. The van der Waals surface area contributed by atoms with Crippen LogP contribution in [0.5, 0.6) is 0 Å². The first-order valence-corrected chi connectivity index (χ1v) is 12.6. The van der Waals surface area contributed by atoms with Crippen LogP contribution >= 0.6 is 18.2 Å². The van der Waals surface area contributed by atoms with Crippen LogP contribution in [0, 0.1) is 0 Å². The average molecular weight is 323 g/mol. The van der Waals surface area contributed by atoms with Crippen LogP contribution in [0.3, 0.4) is 0 Å². The summed E-state index contributed by atoms with van der Waals surface area (Å²) < 4.78 is 0. The zero-order valence-corrected chi connectivity index (χ0v) is 16.7. The van der Waals surface area contributed by atoms with Gasteiger partial charge in [0.05, 0.1) is 0 Å². The molecule has 0 bridgehead atoms. The predicted molar refractivity (Wildman–Crippen MR) is 102 cm³/mol. The maximum absolute atomic E-state index is 6.74. The molecule has 0 aromatic heterocycles. The number of hydrogen-bond donors (Lipinski definition) is 0. The Hall–Kier alpha value is 0.720. The third kappa shape index (κ3) is 4.61. The van der Waals surface area contributed by atoms with Crippen molar-refractivity contribution in [3.8, 4) is 0 Å². The first kappa shape index (κ1) is 20.7.